The number of halogens is 1. The molecule has 0 aliphatic carbocycles. The first-order valence-electron chi connectivity index (χ1n) is 6.79. The molecule has 0 atom stereocenters. The summed E-state index contributed by atoms with van der Waals surface area (Å²) >= 11 is 7.63. The SMILES string of the molecule is CCNCc1ccc2c(ccn2Cc2ccc(Cl)s2)c1. The Hall–Kier alpha value is -1.29. The van der Waals surface area contributed by atoms with Crippen molar-refractivity contribution in [3.63, 3.8) is 0 Å². The Bertz CT molecular complexity index is 714. The van der Waals surface area contributed by atoms with Gasteiger partial charge >= 0.3 is 0 Å². The number of benzene rings is 1. The maximum absolute atomic E-state index is 5.99. The van der Waals surface area contributed by atoms with Crippen molar-refractivity contribution in [1.82, 2.24) is 9.88 Å². The van der Waals surface area contributed by atoms with Gasteiger partial charge in [0.25, 0.3) is 0 Å². The summed E-state index contributed by atoms with van der Waals surface area (Å²) in [4.78, 5) is 1.28. The van der Waals surface area contributed by atoms with Crippen molar-refractivity contribution in [1.29, 1.82) is 0 Å². The zero-order valence-electron chi connectivity index (χ0n) is 11.4. The molecule has 2 aromatic heterocycles. The molecule has 104 valence electrons. The van der Waals surface area contributed by atoms with Crippen LogP contribution in [-0.4, -0.2) is 11.1 Å². The first kappa shape index (κ1) is 13.7. The van der Waals surface area contributed by atoms with Crippen LogP contribution in [0.5, 0.6) is 0 Å². The van der Waals surface area contributed by atoms with E-state index in [1.807, 2.05) is 6.07 Å². The molecule has 1 N–H and O–H groups in total. The molecule has 0 bridgehead atoms. The molecule has 0 radical (unpaired) electrons. The van der Waals surface area contributed by atoms with Gasteiger partial charge < -0.3 is 9.88 Å². The lowest BCUT2D eigenvalue weighted by Gasteiger charge is -2.05. The molecule has 3 rings (SSSR count). The third kappa shape index (κ3) is 2.90. The van der Waals surface area contributed by atoms with Crippen LogP contribution in [0.1, 0.15) is 17.4 Å². The Labute approximate surface area is 128 Å². The number of aromatic nitrogens is 1. The monoisotopic (exact) mass is 304 g/mol. The highest BCUT2D eigenvalue weighted by molar-refractivity contribution is 7.16. The highest BCUT2D eigenvalue weighted by Gasteiger charge is 2.04. The maximum atomic E-state index is 5.99. The first-order valence-corrected chi connectivity index (χ1v) is 7.98. The standard InChI is InChI=1S/C16H17ClN2S/c1-2-18-10-12-3-5-15-13(9-12)7-8-19(15)11-14-4-6-16(17)20-14/h3-9,18H,2,10-11H2,1H3. The molecule has 0 aliphatic rings. The van der Waals surface area contributed by atoms with Gasteiger partial charge in [-0.25, -0.2) is 0 Å². The van der Waals surface area contributed by atoms with E-state index in [0.29, 0.717) is 0 Å². The van der Waals surface area contributed by atoms with Crippen LogP contribution in [0, 0.1) is 0 Å². The number of nitrogens with one attached hydrogen (secondary N) is 1. The van der Waals surface area contributed by atoms with Crippen LogP contribution < -0.4 is 5.32 Å². The Morgan fingerprint density at radius 1 is 1.20 bits per heavy atom. The smallest absolute Gasteiger partial charge is 0.0931 e. The predicted octanol–water partition coefficient (Wildman–Crippen LogP) is 4.51. The number of nitrogens with zero attached hydrogens (tertiary/aromatic N) is 1. The van der Waals surface area contributed by atoms with Gasteiger partial charge in [0.15, 0.2) is 0 Å². The highest BCUT2D eigenvalue weighted by atomic mass is 35.5. The molecule has 0 unspecified atom stereocenters. The molecule has 2 heterocycles. The van der Waals surface area contributed by atoms with Crippen molar-refractivity contribution in [2.24, 2.45) is 0 Å². The Morgan fingerprint density at radius 2 is 2.10 bits per heavy atom. The average molecular weight is 305 g/mol. The van der Waals surface area contributed by atoms with E-state index in [2.05, 4.69) is 53.3 Å². The van der Waals surface area contributed by atoms with Gasteiger partial charge in [0, 0.05) is 23.1 Å². The molecule has 2 nitrogen and oxygen atoms in total. The quantitative estimate of drug-likeness (QED) is 0.733. The van der Waals surface area contributed by atoms with Crippen molar-refractivity contribution < 1.29 is 0 Å². The van der Waals surface area contributed by atoms with Crippen LogP contribution in [0.3, 0.4) is 0 Å². The second-order valence-corrected chi connectivity index (χ2v) is 6.62. The van der Waals surface area contributed by atoms with E-state index in [-0.39, 0.29) is 0 Å². The Kier molecular flexibility index (Phi) is 4.10. The summed E-state index contributed by atoms with van der Waals surface area (Å²) in [6.45, 7) is 4.94. The lowest BCUT2D eigenvalue weighted by molar-refractivity contribution is 0.727. The normalized spacial score (nSPS) is 11.3. The summed E-state index contributed by atoms with van der Waals surface area (Å²) in [7, 11) is 0. The molecule has 20 heavy (non-hydrogen) atoms. The van der Waals surface area contributed by atoms with E-state index >= 15 is 0 Å². The van der Waals surface area contributed by atoms with Crippen LogP contribution in [0.2, 0.25) is 4.34 Å². The van der Waals surface area contributed by atoms with Crippen LogP contribution in [-0.2, 0) is 13.1 Å². The highest BCUT2D eigenvalue weighted by Crippen LogP contribution is 2.24. The number of hydrogen-bond donors (Lipinski definition) is 1. The van der Waals surface area contributed by atoms with Crippen molar-refractivity contribution in [3.8, 4) is 0 Å². The summed E-state index contributed by atoms with van der Waals surface area (Å²) in [5.74, 6) is 0. The van der Waals surface area contributed by atoms with Crippen molar-refractivity contribution in [3.05, 3.63) is 57.4 Å². The molecule has 0 amide bonds. The Morgan fingerprint density at radius 3 is 2.85 bits per heavy atom. The van der Waals surface area contributed by atoms with Gasteiger partial charge in [0.2, 0.25) is 0 Å². The molecule has 4 heteroatoms. The van der Waals surface area contributed by atoms with E-state index in [9.17, 15) is 0 Å². The topological polar surface area (TPSA) is 17.0 Å². The van der Waals surface area contributed by atoms with Gasteiger partial charge in [-0.1, -0.05) is 24.6 Å². The average Bonchev–Trinajstić information content (AvgIpc) is 3.04. The number of fused-ring (bicyclic) bond motifs is 1. The minimum atomic E-state index is 0.851. The summed E-state index contributed by atoms with van der Waals surface area (Å²) in [5.41, 5.74) is 2.60. The second kappa shape index (κ2) is 6.00. The van der Waals surface area contributed by atoms with Gasteiger partial charge in [-0.15, -0.1) is 11.3 Å². The summed E-state index contributed by atoms with van der Waals surface area (Å²) in [6.07, 6.45) is 2.15. The fourth-order valence-corrected chi connectivity index (χ4v) is 3.46. The van der Waals surface area contributed by atoms with Crippen molar-refractivity contribution in [2.75, 3.05) is 6.54 Å². The molecule has 0 aliphatic heterocycles. The van der Waals surface area contributed by atoms with E-state index in [4.69, 9.17) is 11.6 Å². The molecule has 1 aromatic carbocycles. The van der Waals surface area contributed by atoms with Gasteiger partial charge in [0.1, 0.15) is 0 Å². The molecular weight excluding hydrogens is 288 g/mol. The molecule has 0 saturated carbocycles. The largest absolute Gasteiger partial charge is 0.342 e. The zero-order chi connectivity index (χ0) is 13.9. The minimum absolute atomic E-state index is 0.851. The van der Waals surface area contributed by atoms with Crippen LogP contribution >= 0.6 is 22.9 Å². The molecule has 0 spiro atoms. The lowest BCUT2D eigenvalue weighted by atomic mass is 10.1. The number of thiophene rings is 1. The van der Waals surface area contributed by atoms with E-state index < -0.39 is 0 Å². The van der Waals surface area contributed by atoms with E-state index in [1.165, 1.54) is 21.3 Å². The van der Waals surface area contributed by atoms with E-state index in [0.717, 1.165) is 24.0 Å². The molecule has 0 fully saturated rings. The lowest BCUT2D eigenvalue weighted by Crippen LogP contribution is -2.11. The van der Waals surface area contributed by atoms with Gasteiger partial charge in [-0.3, -0.25) is 0 Å². The van der Waals surface area contributed by atoms with Crippen LogP contribution in [0.25, 0.3) is 10.9 Å². The van der Waals surface area contributed by atoms with Crippen molar-refractivity contribution in [2.45, 2.75) is 20.0 Å². The summed E-state index contributed by atoms with van der Waals surface area (Å²) in [6, 6.07) is 12.9. The number of rotatable bonds is 5. The van der Waals surface area contributed by atoms with E-state index in [1.54, 1.807) is 11.3 Å². The predicted molar refractivity (Wildman–Crippen MR) is 87.7 cm³/mol. The van der Waals surface area contributed by atoms with Crippen LogP contribution in [0.4, 0.5) is 0 Å². The van der Waals surface area contributed by atoms with Gasteiger partial charge in [-0.05, 0) is 47.8 Å². The summed E-state index contributed by atoms with van der Waals surface area (Å²) in [5, 5.41) is 4.65. The third-order valence-electron chi connectivity index (χ3n) is 3.37. The van der Waals surface area contributed by atoms with Crippen LogP contribution in [0.15, 0.2) is 42.6 Å². The zero-order valence-corrected chi connectivity index (χ0v) is 13.0. The fraction of sp³-hybridized carbons (Fsp3) is 0.250. The van der Waals surface area contributed by atoms with Crippen molar-refractivity contribution >= 4 is 33.8 Å². The Balaban J connectivity index is 1.85. The fourth-order valence-electron chi connectivity index (χ4n) is 2.37. The third-order valence-corrected chi connectivity index (χ3v) is 4.59. The summed E-state index contributed by atoms with van der Waals surface area (Å²) < 4.78 is 3.12. The molecule has 0 saturated heterocycles. The number of hydrogen-bond acceptors (Lipinski definition) is 2. The second-order valence-electron chi connectivity index (χ2n) is 4.82. The maximum Gasteiger partial charge on any atom is 0.0931 e. The van der Waals surface area contributed by atoms with Gasteiger partial charge in [0.05, 0.1) is 10.9 Å². The first-order chi connectivity index (χ1) is 9.76. The molecular formula is C16H17ClN2S. The van der Waals surface area contributed by atoms with Gasteiger partial charge in [-0.2, -0.15) is 0 Å². The minimum Gasteiger partial charge on any atom is -0.342 e. The molecule has 3 aromatic rings.